The summed E-state index contributed by atoms with van der Waals surface area (Å²) in [5.41, 5.74) is 1.25. The molecule has 2 heterocycles. The fourth-order valence-electron chi connectivity index (χ4n) is 3.21. The van der Waals surface area contributed by atoms with Crippen molar-refractivity contribution in [3.05, 3.63) is 92.9 Å². The lowest BCUT2D eigenvalue weighted by molar-refractivity contribution is 0.0963. The Balaban J connectivity index is 2.10. The normalized spacial score (nSPS) is 11.1. The van der Waals surface area contributed by atoms with Crippen LogP contribution in [-0.4, -0.2) is 24.6 Å². The van der Waals surface area contributed by atoms with Crippen LogP contribution < -0.4 is 11.2 Å². The van der Waals surface area contributed by atoms with Crippen LogP contribution in [0.25, 0.3) is 16.9 Å². The Morgan fingerprint density at radius 1 is 1.00 bits per heavy atom. The third-order valence-corrected chi connectivity index (χ3v) is 4.67. The minimum Gasteiger partial charge on any atom is -0.268 e. The van der Waals surface area contributed by atoms with Gasteiger partial charge in [-0.2, -0.15) is 0 Å². The van der Waals surface area contributed by atoms with Crippen molar-refractivity contribution in [2.75, 3.05) is 0 Å². The molecular formula is C21H18N4O3. The van der Waals surface area contributed by atoms with Gasteiger partial charge in [0.1, 0.15) is 6.33 Å². The molecule has 4 aromatic rings. The molecule has 0 unspecified atom stereocenters. The quantitative estimate of drug-likeness (QED) is 0.551. The number of carbonyl (C=O) groups is 1. The topological polar surface area (TPSA) is 78.9 Å². The Labute approximate surface area is 160 Å². The molecule has 0 aliphatic carbocycles. The minimum atomic E-state index is -0.509. The Morgan fingerprint density at radius 2 is 1.68 bits per heavy atom. The standard InChI is InChI=1S/C21H18N4O3/c1-3-23-20(27)17-18(25(21(23)28)16-11-9-14(2)10-12-16)24(13-22-17)19(26)15-7-5-4-6-8-15/h4-13H,3H2,1-2H3. The molecule has 7 heteroatoms. The first-order chi connectivity index (χ1) is 13.5. The SMILES string of the molecule is CCn1c(=O)c2ncn(C(=O)c3ccccc3)c2n(-c2ccc(C)cc2)c1=O. The van der Waals surface area contributed by atoms with E-state index in [9.17, 15) is 14.4 Å². The van der Waals surface area contributed by atoms with Gasteiger partial charge >= 0.3 is 5.69 Å². The minimum absolute atomic E-state index is 0.0753. The molecule has 0 spiro atoms. The highest BCUT2D eigenvalue weighted by Crippen LogP contribution is 2.16. The van der Waals surface area contributed by atoms with Crippen LogP contribution in [0.5, 0.6) is 0 Å². The number of hydrogen-bond acceptors (Lipinski definition) is 4. The van der Waals surface area contributed by atoms with Gasteiger partial charge in [-0.15, -0.1) is 0 Å². The van der Waals surface area contributed by atoms with E-state index >= 15 is 0 Å². The second kappa shape index (κ2) is 6.77. The Morgan fingerprint density at radius 3 is 2.32 bits per heavy atom. The highest BCUT2D eigenvalue weighted by atomic mass is 16.2. The zero-order chi connectivity index (χ0) is 19.8. The number of rotatable bonds is 3. The highest BCUT2D eigenvalue weighted by molar-refractivity contribution is 6.00. The molecule has 2 aromatic carbocycles. The molecule has 2 aromatic heterocycles. The zero-order valence-electron chi connectivity index (χ0n) is 15.5. The molecule has 7 nitrogen and oxygen atoms in total. The van der Waals surface area contributed by atoms with Gasteiger partial charge in [0.05, 0.1) is 5.69 Å². The maximum absolute atomic E-state index is 13.1. The third-order valence-electron chi connectivity index (χ3n) is 4.67. The third kappa shape index (κ3) is 2.68. The predicted octanol–water partition coefficient (Wildman–Crippen LogP) is 2.37. The van der Waals surface area contributed by atoms with Gasteiger partial charge in [-0.1, -0.05) is 35.9 Å². The summed E-state index contributed by atoms with van der Waals surface area (Å²) in [5, 5.41) is 0. The number of benzene rings is 2. The maximum Gasteiger partial charge on any atom is 0.337 e. The summed E-state index contributed by atoms with van der Waals surface area (Å²) in [4.78, 5) is 43.1. The van der Waals surface area contributed by atoms with Crippen molar-refractivity contribution < 1.29 is 4.79 Å². The Hall–Kier alpha value is -3.74. The van der Waals surface area contributed by atoms with Crippen molar-refractivity contribution >= 4 is 17.1 Å². The molecule has 0 saturated carbocycles. The molecule has 4 rings (SSSR count). The van der Waals surface area contributed by atoms with Crippen LogP contribution in [0.1, 0.15) is 22.8 Å². The summed E-state index contributed by atoms with van der Waals surface area (Å²) in [5.74, 6) is -0.364. The molecule has 0 aliphatic heterocycles. The van der Waals surface area contributed by atoms with Gasteiger partial charge in [0.25, 0.3) is 11.5 Å². The molecule has 0 fully saturated rings. The summed E-state index contributed by atoms with van der Waals surface area (Å²) < 4.78 is 3.74. The fraction of sp³-hybridized carbons (Fsp3) is 0.143. The van der Waals surface area contributed by atoms with Crippen LogP contribution in [0.4, 0.5) is 0 Å². The van der Waals surface area contributed by atoms with Crippen molar-refractivity contribution in [2.24, 2.45) is 0 Å². The van der Waals surface area contributed by atoms with Gasteiger partial charge in [0.15, 0.2) is 11.2 Å². The van der Waals surface area contributed by atoms with Crippen LogP contribution in [0.2, 0.25) is 0 Å². The van der Waals surface area contributed by atoms with Crippen molar-refractivity contribution in [3.63, 3.8) is 0 Å². The lowest BCUT2D eigenvalue weighted by Crippen LogP contribution is -2.39. The lowest BCUT2D eigenvalue weighted by atomic mass is 10.2. The van der Waals surface area contributed by atoms with E-state index in [0.717, 1.165) is 10.1 Å². The molecule has 0 aliphatic rings. The Kier molecular flexibility index (Phi) is 4.27. The van der Waals surface area contributed by atoms with E-state index in [1.807, 2.05) is 25.1 Å². The second-order valence-electron chi connectivity index (χ2n) is 6.46. The Bertz CT molecular complexity index is 1300. The van der Waals surface area contributed by atoms with E-state index in [0.29, 0.717) is 11.3 Å². The van der Waals surface area contributed by atoms with Gasteiger partial charge in [-0.3, -0.25) is 14.2 Å². The van der Waals surface area contributed by atoms with Gasteiger partial charge in [-0.05, 0) is 38.1 Å². The van der Waals surface area contributed by atoms with Crippen LogP contribution in [-0.2, 0) is 6.54 Å². The predicted molar refractivity (Wildman–Crippen MR) is 106 cm³/mol. The van der Waals surface area contributed by atoms with Crippen LogP contribution in [0.3, 0.4) is 0 Å². The molecule has 0 saturated heterocycles. The summed E-state index contributed by atoms with van der Waals surface area (Å²) in [7, 11) is 0. The zero-order valence-corrected chi connectivity index (χ0v) is 15.5. The van der Waals surface area contributed by atoms with Gasteiger partial charge in [0, 0.05) is 12.1 Å². The number of aromatic nitrogens is 4. The van der Waals surface area contributed by atoms with Gasteiger partial charge in [0.2, 0.25) is 0 Å². The fourth-order valence-corrected chi connectivity index (χ4v) is 3.21. The van der Waals surface area contributed by atoms with E-state index in [2.05, 4.69) is 4.98 Å². The van der Waals surface area contributed by atoms with E-state index in [1.54, 1.807) is 43.3 Å². The molecule has 0 atom stereocenters. The van der Waals surface area contributed by atoms with E-state index in [-0.39, 0.29) is 23.6 Å². The van der Waals surface area contributed by atoms with Crippen LogP contribution in [0.15, 0.2) is 70.5 Å². The number of nitrogens with zero attached hydrogens (tertiary/aromatic N) is 4. The summed E-state index contributed by atoms with van der Waals surface area (Å²) in [6.45, 7) is 3.87. The molecule has 0 N–H and O–H groups in total. The molecule has 140 valence electrons. The summed E-state index contributed by atoms with van der Waals surface area (Å²) >= 11 is 0. The van der Waals surface area contributed by atoms with Crippen LogP contribution in [0, 0.1) is 6.92 Å². The smallest absolute Gasteiger partial charge is 0.268 e. The second-order valence-corrected chi connectivity index (χ2v) is 6.46. The molecule has 0 bridgehead atoms. The van der Waals surface area contributed by atoms with Crippen molar-refractivity contribution in [3.8, 4) is 5.69 Å². The van der Waals surface area contributed by atoms with Crippen molar-refractivity contribution in [1.82, 2.24) is 18.7 Å². The molecule has 0 amide bonds. The average molecular weight is 374 g/mol. The number of carbonyl (C=O) groups excluding carboxylic acids is 1. The summed E-state index contributed by atoms with van der Waals surface area (Å²) in [6, 6.07) is 16.0. The van der Waals surface area contributed by atoms with E-state index < -0.39 is 11.2 Å². The van der Waals surface area contributed by atoms with Crippen molar-refractivity contribution in [2.45, 2.75) is 20.4 Å². The maximum atomic E-state index is 13.1. The first-order valence-electron chi connectivity index (χ1n) is 8.92. The number of hydrogen-bond donors (Lipinski definition) is 0. The first-order valence-corrected chi connectivity index (χ1v) is 8.92. The molecule has 28 heavy (non-hydrogen) atoms. The van der Waals surface area contributed by atoms with Gasteiger partial charge < -0.3 is 0 Å². The molecule has 0 radical (unpaired) electrons. The number of aryl methyl sites for hydroxylation is 1. The number of imidazole rings is 1. The number of fused-ring (bicyclic) bond motifs is 1. The summed E-state index contributed by atoms with van der Waals surface area (Å²) in [6.07, 6.45) is 1.30. The van der Waals surface area contributed by atoms with E-state index in [4.69, 9.17) is 0 Å². The first kappa shape index (κ1) is 17.7. The van der Waals surface area contributed by atoms with E-state index in [1.165, 1.54) is 15.5 Å². The van der Waals surface area contributed by atoms with Crippen LogP contribution >= 0.6 is 0 Å². The molecular weight excluding hydrogens is 356 g/mol. The monoisotopic (exact) mass is 374 g/mol. The largest absolute Gasteiger partial charge is 0.337 e. The van der Waals surface area contributed by atoms with Crippen molar-refractivity contribution in [1.29, 1.82) is 0 Å². The highest BCUT2D eigenvalue weighted by Gasteiger charge is 2.22. The van der Waals surface area contributed by atoms with Gasteiger partial charge in [-0.25, -0.2) is 18.9 Å². The lowest BCUT2D eigenvalue weighted by Gasteiger charge is -2.13. The average Bonchev–Trinajstić information content (AvgIpc) is 3.15.